The van der Waals surface area contributed by atoms with Crippen molar-refractivity contribution in [3.63, 3.8) is 0 Å². The van der Waals surface area contributed by atoms with Gasteiger partial charge in [0, 0.05) is 37.6 Å². The zero-order valence-corrected chi connectivity index (χ0v) is 13.4. The van der Waals surface area contributed by atoms with Gasteiger partial charge in [0.1, 0.15) is 0 Å². The van der Waals surface area contributed by atoms with Crippen LogP contribution in [0.1, 0.15) is 34.3 Å². The first-order valence-corrected chi connectivity index (χ1v) is 8.03. The van der Waals surface area contributed by atoms with E-state index in [1.807, 2.05) is 0 Å². The number of ether oxygens (including phenoxy) is 1. The number of amides is 1. The van der Waals surface area contributed by atoms with Crippen LogP contribution < -0.4 is 5.32 Å². The van der Waals surface area contributed by atoms with Crippen LogP contribution in [0.2, 0.25) is 0 Å². The predicted octanol–water partition coefficient (Wildman–Crippen LogP) is 2.87. The first-order valence-electron chi connectivity index (χ1n) is 8.03. The Morgan fingerprint density at radius 2 is 1.96 bits per heavy atom. The largest absolute Gasteiger partial charge is 0.381 e. The topological polar surface area (TPSA) is 51.2 Å². The third-order valence-electron chi connectivity index (χ3n) is 4.62. The van der Waals surface area contributed by atoms with Gasteiger partial charge in [-0.15, -0.1) is 0 Å². The summed E-state index contributed by atoms with van der Waals surface area (Å²) in [5.74, 6) is -0.0731. The van der Waals surface area contributed by atoms with Crippen molar-refractivity contribution in [2.24, 2.45) is 0 Å². The van der Waals surface area contributed by atoms with Crippen molar-refractivity contribution >= 4 is 5.91 Å². The third kappa shape index (κ3) is 3.59. The summed E-state index contributed by atoms with van der Waals surface area (Å²) in [6.07, 6.45) is 5.10. The minimum atomic E-state index is -0.0731. The standard InChI is InChI=1S/C19H22N2O2/c1-15-4-6-17(7-5-15)19(8-11-23-12-9-19)14-21-18(22)16-3-2-10-20-13-16/h2-7,10,13H,8-9,11-12,14H2,1H3,(H,21,22). The van der Waals surface area contributed by atoms with Crippen LogP contribution in [0.5, 0.6) is 0 Å². The Morgan fingerprint density at radius 3 is 2.61 bits per heavy atom. The molecule has 1 aliphatic rings. The summed E-state index contributed by atoms with van der Waals surface area (Å²) in [5.41, 5.74) is 3.07. The number of benzene rings is 1. The second-order valence-electron chi connectivity index (χ2n) is 6.18. The van der Waals surface area contributed by atoms with Gasteiger partial charge in [0.2, 0.25) is 0 Å². The summed E-state index contributed by atoms with van der Waals surface area (Å²) in [6, 6.07) is 12.2. The molecule has 2 heterocycles. The van der Waals surface area contributed by atoms with Gasteiger partial charge in [-0.25, -0.2) is 0 Å². The Kier molecular flexibility index (Phi) is 4.72. The Morgan fingerprint density at radius 1 is 1.22 bits per heavy atom. The van der Waals surface area contributed by atoms with Crippen LogP contribution in [0.15, 0.2) is 48.8 Å². The maximum Gasteiger partial charge on any atom is 0.252 e. The molecule has 1 N–H and O–H groups in total. The average molecular weight is 310 g/mol. The van der Waals surface area contributed by atoms with E-state index in [9.17, 15) is 4.79 Å². The van der Waals surface area contributed by atoms with Gasteiger partial charge in [-0.3, -0.25) is 9.78 Å². The molecule has 1 fully saturated rings. The van der Waals surface area contributed by atoms with E-state index in [1.54, 1.807) is 24.5 Å². The summed E-state index contributed by atoms with van der Waals surface area (Å²) in [6.45, 7) is 4.17. The van der Waals surface area contributed by atoms with Crippen molar-refractivity contribution in [3.05, 3.63) is 65.5 Å². The van der Waals surface area contributed by atoms with Gasteiger partial charge >= 0.3 is 0 Å². The fraction of sp³-hybridized carbons (Fsp3) is 0.368. The normalized spacial score (nSPS) is 16.7. The number of rotatable bonds is 4. The number of hydrogen-bond acceptors (Lipinski definition) is 3. The minimum Gasteiger partial charge on any atom is -0.381 e. The molecule has 1 aromatic heterocycles. The molecule has 23 heavy (non-hydrogen) atoms. The lowest BCUT2D eigenvalue weighted by Crippen LogP contribution is -2.44. The van der Waals surface area contributed by atoms with E-state index < -0.39 is 0 Å². The zero-order chi connectivity index (χ0) is 16.1. The third-order valence-corrected chi connectivity index (χ3v) is 4.62. The van der Waals surface area contributed by atoms with E-state index >= 15 is 0 Å². The van der Waals surface area contributed by atoms with E-state index in [2.05, 4.69) is 41.5 Å². The van der Waals surface area contributed by atoms with Crippen LogP contribution in [0.25, 0.3) is 0 Å². The lowest BCUT2D eigenvalue weighted by molar-refractivity contribution is 0.0487. The quantitative estimate of drug-likeness (QED) is 0.945. The summed E-state index contributed by atoms with van der Waals surface area (Å²) in [7, 11) is 0. The molecule has 3 rings (SSSR count). The van der Waals surface area contributed by atoms with E-state index in [0.717, 1.165) is 26.1 Å². The van der Waals surface area contributed by atoms with Gasteiger partial charge in [0.05, 0.1) is 5.56 Å². The number of carbonyl (C=O) groups is 1. The van der Waals surface area contributed by atoms with Crippen molar-refractivity contribution in [1.82, 2.24) is 10.3 Å². The maximum absolute atomic E-state index is 12.3. The molecular weight excluding hydrogens is 288 g/mol. The summed E-state index contributed by atoms with van der Waals surface area (Å²) < 4.78 is 5.54. The SMILES string of the molecule is Cc1ccc(C2(CNC(=O)c3cccnc3)CCOCC2)cc1. The maximum atomic E-state index is 12.3. The highest BCUT2D eigenvalue weighted by Crippen LogP contribution is 2.34. The van der Waals surface area contributed by atoms with Gasteiger partial charge in [0.25, 0.3) is 5.91 Å². The van der Waals surface area contributed by atoms with E-state index in [0.29, 0.717) is 12.1 Å². The van der Waals surface area contributed by atoms with Crippen LogP contribution in [-0.2, 0) is 10.2 Å². The predicted molar refractivity (Wildman–Crippen MR) is 89.5 cm³/mol. The summed E-state index contributed by atoms with van der Waals surface area (Å²) in [4.78, 5) is 16.3. The number of hydrogen-bond donors (Lipinski definition) is 1. The van der Waals surface area contributed by atoms with Gasteiger partial charge in [-0.2, -0.15) is 0 Å². The molecule has 4 heteroatoms. The fourth-order valence-corrected chi connectivity index (χ4v) is 3.09. The van der Waals surface area contributed by atoms with Gasteiger partial charge in [0.15, 0.2) is 0 Å². The van der Waals surface area contributed by atoms with Gasteiger partial charge < -0.3 is 10.1 Å². The van der Waals surface area contributed by atoms with E-state index in [1.165, 1.54) is 11.1 Å². The molecule has 120 valence electrons. The fourth-order valence-electron chi connectivity index (χ4n) is 3.09. The Bertz CT molecular complexity index is 647. The first kappa shape index (κ1) is 15.7. The Balaban J connectivity index is 1.77. The molecule has 0 radical (unpaired) electrons. The molecule has 1 aromatic carbocycles. The monoisotopic (exact) mass is 310 g/mol. The highest BCUT2D eigenvalue weighted by molar-refractivity contribution is 5.93. The second kappa shape index (κ2) is 6.92. The van der Waals surface area contributed by atoms with Crippen molar-refractivity contribution in [1.29, 1.82) is 0 Å². The second-order valence-corrected chi connectivity index (χ2v) is 6.18. The lowest BCUT2D eigenvalue weighted by atomic mass is 9.74. The van der Waals surface area contributed by atoms with Crippen LogP contribution >= 0.6 is 0 Å². The molecule has 1 aliphatic heterocycles. The molecule has 0 spiro atoms. The lowest BCUT2D eigenvalue weighted by Gasteiger charge is -2.38. The van der Waals surface area contributed by atoms with Crippen LogP contribution in [0.3, 0.4) is 0 Å². The van der Waals surface area contributed by atoms with E-state index in [4.69, 9.17) is 4.74 Å². The van der Waals surface area contributed by atoms with Crippen molar-refractivity contribution in [3.8, 4) is 0 Å². The summed E-state index contributed by atoms with van der Waals surface area (Å²) in [5, 5.41) is 3.09. The number of aryl methyl sites for hydroxylation is 1. The molecule has 2 aromatic rings. The number of nitrogens with zero attached hydrogens (tertiary/aromatic N) is 1. The Hall–Kier alpha value is -2.20. The molecule has 0 aliphatic carbocycles. The zero-order valence-electron chi connectivity index (χ0n) is 13.4. The molecule has 0 bridgehead atoms. The van der Waals surface area contributed by atoms with Crippen LogP contribution in [0.4, 0.5) is 0 Å². The Labute approximate surface area is 136 Å². The minimum absolute atomic E-state index is 0.0518. The smallest absolute Gasteiger partial charge is 0.252 e. The number of carbonyl (C=O) groups excluding carboxylic acids is 1. The van der Waals surface area contributed by atoms with Crippen LogP contribution in [0, 0.1) is 6.92 Å². The van der Waals surface area contributed by atoms with Gasteiger partial charge in [-0.1, -0.05) is 29.8 Å². The molecule has 0 saturated carbocycles. The van der Waals surface area contributed by atoms with Crippen molar-refractivity contribution < 1.29 is 9.53 Å². The molecule has 4 nitrogen and oxygen atoms in total. The highest BCUT2D eigenvalue weighted by Gasteiger charge is 2.34. The van der Waals surface area contributed by atoms with Crippen molar-refractivity contribution in [2.75, 3.05) is 19.8 Å². The molecule has 1 amide bonds. The van der Waals surface area contributed by atoms with Crippen LogP contribution in [-0.4, -0.2) is 30.6 Å². The summed E-state index contributed by atoms with van der Waals surface area (Å²) >= 11 is 0. The van der Waals surface area contributed by atoms with E-state index in [-0.39, 0.29) is 11.3 Å². The number of aromatic nitrogens is 1. The average Bonchev–Trinajstić information content (AvgIpc) is 2.62. The number of pyridine rings is 1. The van der Waals surface area contributed by atoms with Crippen molar-refractivity contribution in [2.45, 2.75) is 25.2 Å². The molecule has 1 saturated heterocycles. The highest BCUT2D eigenvalue weighted by atomic mass is 16.5. The molecule has 0 atom stereocenters. The molecular formula is C19H22N2O2. The molecule has 0 unspecified atom stereocenters. The van der Waals surface area contributed by atoms with Gasteiger partial charge in [-0.05, 0) is 37.5 Å². The number of nitrogens with one attached hydrogen (secondary N) is 1. The first-order chi connectivity index (χ1) is 11.2.